The molecule has 8 rings (SSSR count). The SMILES string of the molecule is CCCCCCCCC(NC1C=Cc2ccccc21)C(NC1C=Cc2ccccc21)(N(C1CCCCC1)C1CCCCC1)N(C1CCCCC1)C1CCCCC1. The molecule has 6 aliphatic carbocycles. The first-order valence-electron chi connectivity index (χ1n) is 24.4. The first kappa shape index (κ1) is 40.5. The van der Waals surface area contributed by atoms with Gasteiger partial charge in [0.05, 0.1) is 18.1 Å². The molecule has 4 nitrogen and oxygen atoms in total. The number of fused-ring (bicyclic) bond motifs is 2. The summed E-state index contributed by atoms with van der Waals surface area (Å²) in [5, 5.41) is 9.59. The topological polar surface area (TPSA) is 30.5 Å². The van der Waals surface area contributed by atoms with Crippen LogP contribution in [0.4, 0.5) is 0 Å². The van der Waals surface area contributed by atoms with E-state index in [1.807, 2.05) is 0 Å². The van der Waals surface area contributed by atoms with Gasteiger partial charge in [-0.2, -0.15) is 0 Å². The number of benzene rings is 2. The number of hydrogen-bond acceptors (Lipinski definition) is 4. The first-order chi connectivity index (χ1) is 27.8. The van der Waals surface area contributed by atoms with Gasteiger partial charge in [0.15, 0.2) is 0 Å². The molecule has 0 bridgehead atoms. The van der Waals surface area contributed by atoms with Gasteiger partial charge in [-0.1, -0.05) is 195 Å². The second kappa shape index (κ2) is 20.1. The lowest BCUT2D eigenvalue weighted by atomic mass is 9.80. The summed E-state index contributed by atoms with van der Waals surface area (Å²) < 4.78 is 0. The maximum absolute atomic E-state index is 4.91. The number of nitrogens with zero attached hydrogens (tertiary/aromatic N) is 2. The number of unbranched alkanes of at least 4 members (excludes halogenated alkanes) is 5. The minimum Gasteiger partial charge on any atom is -0.299 e. The molecule has 6 aliphatic rings. The van der Waals surface area contributed by atoms with Crippen molar-refractivity contribution in [3.8, 4) is 0 Å². The zero-order valence-electron chi connectivity index (χ0n) is 35.5. The predicted molar refractivity (Wildman–Crippen MR) is 238 cm³/mol. The third kappa shape index (κ3) is 9.15. The van der Waals surface area contributed by atoms with Crippen molar-refractivity contribution >= 4 is 12.2 Å². The van der Waals surface area contributed by atoms with E-state index in [2.05, 4.69) is 94.9 Å². The highest BCUT2D eigenvalue weighted by Crippen LogP contribution is 2.47. The molecule has 0 aromatic heterocycles. The molecule has 2 N–H and O–H groups in total. The Balaban J connectivity index is 1.33. The highest BCUT2D eigenvalue weighted by atomic mass is 15.6. The lowest BCUT2D eigenvalue weighted by Crippen LogP contribution is -2.83. The zero-order valence-corrected chi connectivity index (χ0v) is 35.5. The van der Waals surface area contributed by atoms with Gasteiger partial charge in [-0.15, -0.1) is 0 Å². The maximum Gasteiger partial charge on any atom is 0.146 e. The van der Waals surface area contributed by atoms with Crippen LogP contribution in [-0.4, -0.2) is 45.8 Å². The van der Waals surface area contributed by atoms with Gasteiger partial charge in [-0.3, -0.25) is 20.4 Å². The van der Waals surface area contributed by atoms with Gasteiger partial charge >= 0.3 is 0 Å². The van der Waals surface area contributed by atoms with E-state index in [0.29, 0.717) is 24.2 Å². The third-order valence-corrected chi connectivity index (χ3v) is 15.3. The standard InChI is InChI=1S/C52H78N4/c1-2-3-4-5-6-19-36-51(53-49-39-37-41-24-20-22-34-47(41)49)52(54-50-40-38-42-25-21-23-35-48(42)50,55(43-26-11-7-12-27-43)44-28-13-8-14-29-44)56(45-30-15-9-16-31-45)46-32-17-10-18-33-46/h20-25,34-35,37-40,43-46,49-51,53-54H,2-19,26-33,36H2,1H3. The van der Waals surface area contributed by atoms with Gasteiger partial charge in [0.1, 0.15) is 5.79 Å². The Morgan fingerprint density at radius 2 is 0.929 bits per heavy atom. The zero-order chi connectivity index (χ0) is 38.0. The molecule has 0 aliphatic heterocycles. The quantitative estimate of drug-likeness (QED) is 0.117. The molecule has 3 unspecified atom stereocenters. The van der Waals surface area contributed by atoms with Crippen molar-refractivity contribution in [3.63, 3.8) is 0 Å². The van der Waals surface area contributed by atoms with Crippen molar-refractivity contribution in [1.29, 1.82) is 0 Å². The third-order valence-electron chi connectivity index (χ3n) is 15.3. The van der Waals surface area contributed by atoms with Crippen LogP contribution >= 0.6 is 0 Å². The van der Waals surface area contributed by atoms with E-state index in [4.69, 9.17) is 5.32 Å². The number of hydrogen-bond donors (Lipinski definition) is 2. The summed E-state index contributed by atoms with van der Waals surface area (Å²) in [5.41, 5.74) is 5.78. The number of rotatable bonds is 18. The molecule has 3 atom stereocenters. The molecule has 4 fully saturated rings. The summed E-state index contributed by atoms with van der Waals surface area (Å²) in [6.45, 7) is 2.36. The van der Waals surface area contributed by atoms with Gasteiger partial charge in [0, 0.05) is 24.2 Å². The Kier molecular flexibility index (Phi) is 14.6. The first-order valence-corrected chi connectivity index (χ1v) is 24.4. The summed E-state index contributed by atoms with van der Waals surface area (Å²) in [6.07, 6.45) is 46.8. The van der Waals surface area contributed by atoms with Gasteiger partial charge in [0.25, 0.3) is 0 Å². The smallest absolute Gasteiger partial charge is 0.146 e. The van der Waals surface area contributed by atoms with Crippen molar-refractivity contribution in [2.24, 2.45) is 0 Å². The van der Waals surface area contributed by atoms with Crippen LogP contribution in [0.25, 0.3) is 12.2 Å². The summed E-state index contributed by atoms with van der Waals surface area (Å²) in [5.74, 6) is -0.310. The average molecular weight is 759 g/mol. The number of nitrogens with one attached hydrogen (secondary N) is 2. The van der Waals surface area contributed by atoms with Crippen LogP contribution < -0.4 is 10.6 Å². The van der Waals surface area contributed by atoms with E-state index in [9.17, 15) is 0 Å². The molecule has 2 aromatic rings. The summed E-state index contributed by atoms with van der Waals surface area (Å²) >= 11 is 0. The molecular weight excluding hydrogens is 681 g/mol. The van der Waals surface area contributed by atoms with Gasteiger partial charge in [-0.25, -0.2) is 0 Å². The van der Waals surface area contributed by atoms with Crippen LogP contribution in [0.15, 0.2) is 60.7 Å². The lowest BCUT2D eigenvalue weighted by molar-refractivity contribution is -0.199. The van der Waals surface area contributed by atoms with Gasteiger partial charge < -0.3 is 0 Å². The summed E-state index contributed by atoms with van der Waals surface area (Å²) in [4.78, 5) is 6.67. The van der Waals surface area contributed by atoms with Gasteiger partial charge in [0.2, 0.25) is 0 Å². The lowest BCUT2D eigenvalue weighted by Gasteiger charge is -2.65. The minimum atomic E-state index is -0.310. The van der Waals surface area contributed by atoms with E-state index in [0.717, 1.165) is 0 Å². The predicted octanol–water partition coefficient (Wildman–Crippen LogP) is 13.4. The fourth-order valence-electron chi connectivity index (χ4n) is 12.6. The van der Waals surface area contributed by atoms with Gasteiger partial charge in [-0.05, 0) is 80.0 Å². The molecule has 0 heterocycles. The average Bonchev–Trinajstić information content (AvgIpc) is 3.87. The minimum absolute atomic E-state index is 0.204. The monoisotopic (exact) mass is 759 g/mol. The Bertz CT molecular complexity index is 1460. The molecule has 4 saturated carbocycles. The van der Waals surface area contributed by atoms with Crippen LogP contribution in [0.2, 0.25) is 0 Å². The fourth-order valence-corrected chi connectivity index (χ4v) is 12.6. The Morgan fingerprint density at radius 3 is 1.41 bits per heavy atom. The van der Waals surface area contributed by atoms with E-state index in [1.165, 1.54) is 196 Å². The highest BCUT2D eigenvalue weighted by Gasteiger charge is 2.57. The molecule has 306 valence electrons. The van der Waals surface area contributed by atoms with Crippen molar-refractivity contribution in [2.75, 3.05) is 0 Å². The summed E-state index contributed by atoms with van der Waals surface area (Å²) in [6, 6.07) is 21.8. The van der Waals surface area contributed by atoms with Crippen molar-refractivity contribution in [3.05, 3.63) is 82.9 Å². The molecule has 56 heavy (non-hydrogen) atoms. The van der Waals surface area contributed by atoms with Crippen LogP contribution in [0.3, 0.4) is 0 Å². The van der Waals surface area contributed by atoms with Crippen molar-refractivity contribution in [1.82, 2.24) is 20.4 Å². The van der Waals surface area contributed by atoms with E-state index >= 15 is 0 Å². The fraction of sp³-hybridized carbons (Fsp3) is 0.692. The Morgan fingerprint density at radius 1 is 0.518 bits per heavy atom. The molecule has 0 saturated heterocycles. The highest BCUT2D eigenvalue weighted by molar-refractivity contribution is 5.63. The van der Waals surface area contributed by atoms with Crippen molar-refractivity contribution < 1.29 is 0 Å². The largest absolute Gasteiger partial charge is 0.299 e. The normalized spacial score (nSPS) is 24.6. The summed E-state index contributed by atoms with van der Waals surface area (Å²) in [7, 11) is 0. The second-order valence-corrected chi connectivity index (χ2v) is 19.1. The molecule has 0 amide bonds. The van der Waals surface area contributed by atoms with E-state index in [-0.39, 0.29) is 23.9 Å². The van der Waals surface area contributed by atoms with Crippen LogP contribution in [0.1, 0.15) is 215 Å². The molecule has 0 radical (unpaired) electrons. The molecule has 2 aromatic carbocycles. The maximum atomic E-state index is 4.91. The van der Waals surface area contributed by atoms with E-state index < -0.39 is 0 Å². The Labute approximate surface area is 342 Å². The molecular formula is C52H78N4. The van der Waals surface area contributed by atoms with Crippen LogP contribution in [-0.2, 0) is 0 Å². The Hall–Kier alpha value is -2.24. The molecule has 4 heteroatoms. The molecule has 0 spiro atoms. The van der Waals surface area contributed by atoms with Crippen molar-refractivity contribution in [2.45, 2.75) is 228 Å². The second-order valence-electron chi connectivity index (χ2n) is 19.1. The van der Waals surface area contributed by atoms with Crippen LogP contribution in [0.5, 0.6) is 0 Å². The van der Waals surface area contributed by atoms with Crippen LogP contribution in [0, 0.1) is 0 Å². The van der Waals surface area contributed by atoms with E-state index in [1.54, 1.807) is 0 Å².